The molecule has 3 N–H and O–H groups in total. The van der Waals surface area contributed by atoms with Gasteiger partial charge in [0, 0.05) is 5.69 Å². The van der Waals surface area contributed by atoms with Crippen molar-refractivity contribution in [1.82, 2.24) is 4.98 Å². The first kappa shape index (κ1) is 11.4. The Hall–Kier alpha value is -3.05. The zero-order chi connectivity index (χ0) is 13.0. The lowest BCUT2D eigenvalue weighted by molar-refractivity contribution is 1.29. The van der Waals surface area contributed by atoms with E-state index in [1.54, 1.807) is 30.3 Å². The van der Waals surface area contributed by atoms with Gasteiger partial charge in [0.15, 0.2) is 0 Å². The Morgan fingerprint density at radius 2 is 2.00 bits per heavy atom. The van der Waals surface area contributed by atoms with Gasteiger partial charge in [0.1, 0.15) is 11.9 Å². The van der Waals surface area contributed by atoms with Gasteiger partial charge >= 0.3 is 0 Å². The number of nitrogen functional groups attached to an aromatic ring is 1. The van der Waals surface area contributed by atoms with Gasteiger partial charge < -0.3 is 11.1 Å². The highest BCUT2D eigenvalue weighted by atomic mass is 15.0. The summed E-state index contributed by atoms with van der Waals surface area (Å²) in [6.07, 6.45) is 1.47. The van der Waals surface area contributed by atoms with Crippen molar-refractivity contribution in [3.8, 4) is 12.1 Å². The van der Waals surface area contributed by atoms with Gasteiger partial charge in [0.25, 0.3) is 0 Å². The molecule has 1 aromatic heterocycles. The van der Waals surface area contributed by atoms with E-state index in [9.17, 15) is 0 Å². The zero-order valence-corrected chi connectivity index (χ0v) is 9.38. The quantitative estimate of drug-likeness (QED) is 0.830. The number of nitrogens with two attached hydrogens (primary N) is 1. The van der Waals surface area contributed by atoms with Crippen LogP contribution in [-0.4, -0.2) is 4.98 Å². The summed E-state index contributed by atoms with van der Waals surface area (Å²) in [5.74, 6) is 0.418. The first-order valence-corrected chi connectivity index (χ1v) is 5.16. The summed E-state index contributed by atoms with van der Waals surface area (Å²) < 4.78 is 0. The van der Waals surface area contributed by atoms with Crippen LogP contribution in [0.3, 0.4) is 0 Å². The standard InChI is InChI=1S/C13H9N5/c14-6-9-2-1-3-12(4-9)18-13-10(7-15)5-11(16)8-17-13/h1-5,8H,16H2,(H,17,18). The third-order valence-corrected chi connectivity index (χ3v) is 2.28. The van der Waals surface area contributed by atoms with Crippen molar-refractivity contribution < 1.29 is 0 Å². The van der Waals surface area contributed by atoms with Crippen molar-refractivity contribution in [3.63, 3.8) is 0 Å². The molecule has 0 aliphatic heterocycles. The van der Waals surface area contributed by atoms with E-state index in [0.717, 1.165) is 0 Å². The van der Waals surface area contributed by atoms with Crippen LogP contribution in [0.5, 0.6) is 0 Å². The first-order chi connectivity index (χ1) is 8.72. The van der Waals surface area contributed by atoms with Gasteiger partial charge in [-0.2, -0.15) is 10.5 Å². The fourth-order valence-corrected chi connectivity index (χ4v) is 1.47. The van der Waals surface area contributed by atoms with Gasteiger partial charge in [0.2, 0.25) is 0 Å². The van der Waals surface area contributed by atoms with Gasteiger partial charge in [-0.15, -0.1) is 0 Å². The predicted molar refractivity (Wildman–Crippen MR) is 67.8 cm³/mol. The molecule has 0 saturated heterocycles. The maximum absolute atomic E-state index is 8.98. The van der Waals surface area contributed by atoms with E-state index in [2.05, 4.69) is 10.3 Å². The minimum absolute atomic E-state index is 0.359. The first-order valence-electron chi connectivity index (χ1n) is 5.16. The number of benzene rings is 1. The van der Waals surface area contributed by atoms with E-state index in [-0.39, 0.29) is 0 Å². The van der Waals surface area contributed by atoms with Crippen molar-refractivity contribution in [2.24, 2.45) is 0 Å². The molecule has 0 atom stereocenters. The zero-order valence-electron chi connectivity index (χ0n) is 9.38. The number of hydrogen-bond acceptors (Lipinski definition) is 5. The lowest BCUT2D eigenvalue weighted by atomic mass is 10.2. The smallest absolute Gasteiger partial charge is 0.148 e. The Balaban J connectivity index is 2.35. The van der Waals surface area contributed by atoms with Crippen LogP contribution >= 0.6 is 0 Å². The van der Waals surface area contributed by atoms with E-state index in [1.807, 2.05) is 12.1 Å². The average molecular weight is 235 g/mol. The average Bonchev–Trinajstić information content (AvgIpc) is 2.41. The second-order valence-corrected chi connectivity index (χ2v) is 3.59. The van der Waals surface area contributed by atoms with Gasteiger partial charge in [-0.1, -0.05) is 6.07 Å². The number of nitrogens with one attached hydrogen (secondary N) is 1. The molecule has 0 bridgehead atoms. The molecule has 0 saturated carbocycles. The van der Waals surface area contributed by atoms with Crippen LogP contribution < -0.4 is 11.1 Å². The molecule has 2 aromatic rings. The summed E-state index contributed by atoms with van der Waals surface area (Å²) in [4.78, 5) is 4.06. The highest BCUT2D eigenvalue weighted by molar-refractivity contribution is 5.65. The van der Waals surface area contributed by atoms with Crippen LogP contribution in [0.25, 0.3) is 0 Å². The van der Waals surface area contributed by atoms with Crippen LogP contribution in [0.4, 0.5) is 17.2 Å². The van der Waals surface area contributed by atoms with Gasteiger partial charge in [-0.25, -0.2) is 4.98 Å². The van der Waals surface area contributed by atoms with Crippen molar-refractivity contribution in [2.75, 3.05) is 11.1 Å². The lowest BCUT2D eigenvalue weighted by Gasteiger charge is -2.07. The molecule has 0 aliphatic rings. The fourth-order valence-electron chi connectivity index (χ4n) is 1.47. The molecule has 0 fully saturated rings. The fraction of sp³-hybridized carbons (Fsp3) is 0. The lowest BCUT2D eigenvalue weighted by Crippen LogP contribution is -1.98. The number of anilines is 3. The Bertz CT molecular complexity index is 664. The van der Waals surface area contributed by atoms with Crippen molar-refractivity contribution in [3.05, 3.63) is 47.7 Å². The summed E-state index contributed by atoms with van der Waals surface area (Å²) in [5, 5.41) is 20.8. The number of aromatic nitrogens is 1. The molecule has 86 valence electrons. The largest absolute Gasteiger partial charge is 0.397 e. The molecule has 0 unspecified atom stereocenters. The summed E-state index contributed by atoms with van der Waals surface area (Å²) >= 11 is 0. The minimum atomic E-state index is 0.359. The Kier molecular flexibility index (Phi) is 3.08. The van der Waals surface area contributed by atoms with E-state index in [1.165, 1.54) is 6.20 Å². The van der Waals surface area contributed by atoms with Crippen LogP contribution in [0.1, 0.15) is 11.1 Å². The Labute approximate surface area is 104 Å². The van der Waals surface area contributed by atoms with Crippen LogP contribution in [0, 0.1) is 22.7 Å². The topological polar surface area (TPSA) is 98.5 Å². The molecule has 18 heavy (non-hydrogen) atoms. The second-order valence-electron chi connectivity index (χ2n) is 3.59. The molecular weight excluding hydrogens is 226 g/mol. The molecule has 0 amide bonds. The highest BCUT2D eigenvalue weighted by Gasteiger charge is 2.05. The maximum Gasteiger partial charge on any atom is 0.148 e. The molecule has 5 nitrogen and oxygen atoms in total. The summed E-state index contributed by atoms with van der Waals surface area (Å²) in [6, 6.07) is 12.5. The van der Waals surface area contributed by atoms with Crippen molar-refractivity contribution in [1.29, 1.82) is 10.5 Å². The SMILES string of the molecule is N#Cc1cccc(Nc2ncc(N)cc2C#N)c1. The number of nitriles is 2. The molecule has 1 heterocycles. The maximum atomic E-state index is 8.98. The van der Waals surface area contributed by atoms with Gasteiger partial charge in [0.05, 0.1) is 29.1 Å². The van der Waals surface area contributed by atoms with Crippen LogP contribution in [-0.2, 0) is 0 Å². The van der Waals surface area contributed by atoms with Gasteiger partial charge in [-0.3, -0.25) is 0 Å². The number of rotatable bonds is 2. The van der Waals surface area contributed by atoms with E-state index in [0.29, 0.717) is 28.3 Å². The minimum Gasteiger partial charge on any atom is -0.397 e. The molecule has 0 aliphatic carbocycles. The molecule has 0 radical (unpaired) electrons. The summed E-state index contributed by atoms with van der Waals surface area (Å²) in [7, 11) is 0. The normalized spacial score (nSPS) is 9.22. The summed E-state index contributed by atoms with van der Waals surface area (Å²) in [5.41, 5.74) is 7.58. The highest BCUT2D eigenvalue weighted by Crippen LogP contribution is 2.20. The van der Waals surface area contributed by atoms with E-state index >= 15 is 0 Å². The summed E-state index contributed by atoms with van der Waals surface area (Å²) in [6.45, 7) is 0. The third kappa shape index (κ3) is 2.37. The Morgan fingerprint density at radius 3 is 2.72 bits per heavy atom. The predicted octanol–water partition coefficient (Wildman–Crippen LogP) is 2.15. The number of hydrogen-bond donors (Lipinski definition) is 2. The second kappa shape index (κ2) is 4.86. The number of pyridine rings is 1. The van der Waals surface area contributed by atoms with E-state index in [4.69, 9.17) is 16.3 Å². The van der Waals surface area contributed by atoms with Gasteiger partial charge in [-0.05, 0) is 24.3 Å². The number of nitrogens with zero attached hydrogens (tertiary/aromatic N) is 3. The van der Waals surface area contributed by atoms with Crippen molar-refractivity contribution in [2.45, 2.75) is 0 Å². The van der Waals surface area contributed by atoms with Crippen LogP contribution in [0.15, 0.2) is 36.5 Å². The Morgan fingerprint density at radius 1 is 1.17 bits per heavy atom. The van der Waals surface area contributed by atoms with E-state index < -0.39 is 0 Å². The third-order valence-electron chi connectivity index (χ3n) is 2.28. The molecule has 2 rings (SSSR count). The monoisotopic (exact) mass is 235 g/mol. The molecule has 0 spiro atoms. The molecule has 5 heteroatoms. The van der Waals surface area contributed by atoms with Crippen molar-refractivity contribution >= 4 is 17.2 Å². The molecule has 1 aromatic carbocycles. The molecular formula is C13H9N5. The van der Waals surface area contributed by atoms with Crippen LogP contribution in [0.2, 0.25) is 0 Å².